The molecule has 2 N–H and O–H groups in total. The van der Waals surface area contributed by atoms with Crippen molar-refractivity contribution in [3.8, 4) is 0 Å². The first-order valence-electron chi connectivity index (χ1n) is 8.27. The lowest BCUT2D eigenvalue weighted by atomic mass is 10.3. The lowest BCUT2D eigenvalue weighted by Gasteiger charge is -2.39. The lowest BCUT2D eigenvalue weighted by Crippen LogP contribution is -2.54. The Morgan fingerprint density at radius 1 is 0.654 bits per heavy atom. The molecule has 1 heterocycles. The van der Waals surface area contributed by atoms with E-state index in [4.69, 9.17) is 34.4 Å². The SMILES string of the molecule is N=C(N1CCN(C(=N)N(Cl)c2ccccc2)CC1)N(Cl)c1ccccc1. The summed E-state index contributed by atoms with van der Waals surface area (Å²) in [6, 6.07) is 18.8. The largest absolute Gasteiger partial charge is 0.338 e. The zero-order valence-electron chi connectivity index (χ0n) is 14.1. The number of hydrogen-bond acceptors (Lipinski definition) is 2. The number of rotatable bonds is 2. The number of halogens is 2. The van der Waals surface area contributed by atoms with Gasteiger partial charge in [0.05, 0.1) is 11.4 Å². The predicted molar refractivity (Wildman–Crippen MR) is 108 cm³/mol. The third-order valence-electron chi connectivity index (χ3n) is 4.22. The summed E-state index contributed by atoms with van der Waals surface area (Å²) in [4.78, 5) is 3.79. The highest BCUT2D eigenvalue weighted by atomic mass is 35.5. The molecule has 136 valence electrons. The molecule has 1 aliphatic rings. The number of nitrogens with zero attached hydrogens (tertiary/aromatic N) is 4. The van der Waals surface area contributed by atoms with Crippen LogP contribution in [0.3, 0.4) is 0 Å². The van der Waals surface area contributed by atoms with Crippen LogP contribution in [-0.4, -0.2) is 47.9 Å². The molecule has 0 saturated carbocycles. The molecule has 2 aromatic carbocycles. The molecular formula is C18H20Cl2N6. The van der Waals surface area contributed by atoms with Gasteiger partial charge < -0.3 is 9.80 Å². The molecule has 6 nitrogen and oxygen atoms in total. The fourth-order valence-electron chi connectivity index (χ4n) is 2.74. The van der Waals surface area contributed by atoms with Gasteiger partial charge in [0, 0.05) is 49.7 Å². The van der Waals surface area contributed by atoms with Gasteiger partial charge in [0.2, 0.25) is 11.9 Å². The van der Waals surface area contributed by atoms with E-state index in [0.29, 0.717) is 26.2 Å². The third-order valence-corrected chi connectivity index (χ3v) is 4.93. The Labute approximate surface area is 163 Å². The quantitative estimate of drug-likeness (QED) is 0.465. The van der Waals surface area contributed by atoms with Crippen LogP contribution >= 0.6 is 23.6 Å². The van der Waals surface area contributed by atoms with Crippen molar-refractivity contribution in [2.45, 2.75) is 0 Å². The minimum atomic E-state index is 0.231. The van der Waals surface area contributed by atoms with Gasteiger partial charge in [0.1, 0.15) is 0 Å². The van der Waals surface area contributed by atoms with Gasteiger partial charge in [-0.15, -0.1) is 0 Å². The third kappa shape index (κ3) is 4.03. The van der Waals surface area contributed by atoms with Gasteiger partial charge in [-0.2, -0.15) is 0 Å². The highest BCUT2D eigenvalue weighted by Gasteiger charge is 2.26. The van der Waals surface area contributed by atoms with Crippen molar-refractivity contribution in [3.63, 3.8) is 0 Å². The summed E-state index contributed by atoms with van der Waals surface area (Å²) in [5.74, 6) is 0.463. The summed E-state index contributed by atoms with van der Waals surface area (Å²) in [7, 11) is 0. The fraction of sp³-hybridized carbons (Fsp3) is 0.222. The number of para-hydroxylation sites is 2. The summed E-state index contributed by atoms with van der Waals surface area (Å²) in [6.45, 7) is 2.38. The standard InChI is InChI=1S/C18H20Cl2N6/c19-25(15-7-3-1-4-8-15)17(21)23-11-13-24(14-12-23)18(22)26(20)16-9-5-2-6-10-16/h1-10,21-22H,11-14H2. The predicted octanol–water partition coefficient (Wildman–Crippen LogP) is 3.79. The van der Waals surface area contributed by atoms with Crippen LogP contribution < -0.4 is 8.84 Å². The Balaban J connectivity index is 1.57. The molecule has 3 rings (SSSR count). The maximum atomic E-state index is 8.33. The molecule has 0 atom stereocenters. The molecule has 0 bridgehead atoms. The Bertz CT molecular complexity index is 681. The van der Waals surface area contributed by atoms with Crippen molar-refractivity contribution in [1.29, 1.82) is 10.8 Å². The topological polar surface area (TPSA) is 60.7 Å². The number of guanidine groups is 2. The molecule has 0 unspecified atom stereocenters. The molecule has 1 saturated heterocycles. The fourth-order valence-corrected chi connectivity index (χ4v) is 3.18. The second kappa shape index (κ2) is 8.29. The molecule has 0 radical (unpaired) electrons. The minimum Gasteiger partial charge on any atom is -0.338 e. The zero-order valence-corrected chi connectivity index (χ0v) is 15.7. The highest BCUT2D eigenvalue weighted by Crippen LogP contribution is 2.20. The first kappa shape index (κ1) is 18.4. The van der Waals surface area contributed by atoms with Crippen LogP contribution in [0.2, 0.25) is 0 Å². The molecule has 1 fully saturated rings. The van der Waals surface area contributed by atoms with Crippen molar-refractivity contribution < 1.29 is 0 Å². The molecule has 8 heteroatoms. The van der Waals surface area contributed by atoms with E-state index in [0.717, 1.165) is 11.4 Å². The van der Waals surface area contributed by atoms with Crippen LogP contribution in [0.1, 0.15) is 0 Å². The number of hydrogen-bond donors (Lipinski definition) is 2. The summed E-state index contributed by atoms with van der Waals surface area (Å²) in [6.07, 6.45) is 0. The van der Waals surface area contributed by atoms with Gasteiger partial charge in [-0.25, -0.2) is 8.84 Å². The van der Waals surface area contributed by atoms with E-state index in [1.807, 2.05) is 70.5 Å². The van der Waals surface area contributed by atoms with E-state index in [-0.39, 0.29) is 11.9 Å². The van der Waals surface area contributed by atoms with E-state index in [2.05, 4.69) is 0 Å². The van der Waals surface area contributed by atoms with Gasteiger partial charge in [0.15, 0.2) is 0 Å². The van der Waals surface area contributed by atoms with Gasteiger partial charge in [0.25, 0.3) is 0 Å². The smallest absolute Gasteiger partial charge is 0.213 e. The molecule has 1 aliphatic heterocycles. The van der Waals surface area contributed by atoms with Crippen molar-refractivity contribution in [2.75, 3.05) is 35.0 Å². The molecule has 0 aromatic heterocycles. The first-order valence-corrected chi connectivity index (χ1v) is 8.94. The van der Waals surface area contributed by atoms with E-state index in [1.165, 1.54) is 8.84 Å². The number of nitrogens with one attached hydrogen (secondary N) is 2. The van der Waals surface area contributed by atoms with Gasteiger partial charge in [-0.1, -0.05) is 36.4 Å². The van der Waals surface area contributed by atoms with Crippen LogP contribution in [0, 0.1) is 10.8 Å². The van der Waals surface area contributed by atoms with Crippen molar-refractivity contribution in [2.24, 2.45) is 0 Å². The summed E-state index contributed by atoms with van der Waals surface area (Å²) in [5, 5.41) is 16.7. The first-order chi connectivity index (χ1) is 12.6. The monoisotopic (exact) mass is 390 g/mol. The molecule has 0 aliphatic carbocycles. The van der Waals surface area contributed by atoms with Gasteiger partial charge in [-0.05, 0) is 24.3 Å². The Hall–Kier alpha value is -2.44. The molecular weight excluding hydrogens is 371 g/mol. The minimum absolute atomic E-state index is 0.231. The van der Waals surface area contributed by atoms with Crippen molar-refractivity contribution in [1.82, 2.24) is 9.80 Å². The van der Waals surface area contributed by atoms with Crippen molar-refractivity contribution >= 4 is 46.8 Å². The zero-order chi connectivity index (χ0) is 18.5. The Kier molecular flexibility index (Phi) is 5.85. The maximum Gasteiger partial charge on any atom is 0.213 e. The van der Waals surface area contributed by atoms with Crippen LogP contribution in [-0.2, 0) is 0 Å². The van der Waals surface area contributed by atoms with Crippen LogP contribution in [0.25, 0.3) is 0 Å². The molecule has 0 spiro atoms. The Morgan fingerprint density at radius 3 is 1.27 bits per heavy atom. The summed E-state index contributed by atoms with van der Waals surface area (Å²) < 4.78 is 2.69. The number of anilines is 2. The van der Waals surface area contributed by atoms with Crippen LogP contribution in [0.5, 0.6) is 0 Å². The van der Waals surface area contributed by atoms with E-state index in [9.17, 15) is 0 Å². The van der Waals surface area contributed by atoms with E-state index < -0.39 is 0 Å². The second-order valence-corrected chi connectivity index (χ2v) is 6.53. The van der Waals surface area contributed by atoms with Crippen LogP contribution in [0.15, 0.2) is 60.7 Å². The summed E-state index contributed by atoms with van der Waals surface area (Å²) in [5.41, 5.74) is 1.51. The van der Waals surface area contributed by atoms with E-state index in [1.54, 1.807) is 0 Å². The van der Waals surface area contributed by atoms with Crippen LogP contribution in [0.4, 0.5) is 11.4 Å². The van der Waals surface area contributed by atoms with Gasteiger partial charge >= 0.3 is 0 Å². The normalized spacial score (nSPS) is 14.1. The second-order valence-electron chi connectivity index (χ2n) is 5.85. The van der Waals surface area contributed by atoms with Gasteiger partial charge in [-0.3, -0.25) is 10.8 Å². The average molecular weight is 391 g/mol. The maximum absolute atomic E-state index is 8.33. The number of benzene rings is 2. The summed E-state index contributed by atoms with van der Waals surface area (Å²) >= 11 is 12.6. The highest BCUT2D eigenvalue weighted by molar-refractivity contribution is 6.37. The molecule has 0 amide bonds. The molecule has 2 aromatic rings. The average Bonchev–Trinajstić information content (AvgIpc) is 2.73. The van der Waals surface area contributed by atoms with E-state index >= 15 is 0 Å². The Morgan fingerprint density at radius 2 is 0.962 bits per heavy atom. The number of piperazine rings is 1. The lowest BCUT2D eigenvalue weighted by molar-refractivity contribution is 0.254. The molecule has 26 heavy (non-hydrogen) atoms. The van der Waals surface area contributed by atoms with Crippen molar-refractivity contribution in [3.05, 3.63) is 60.7 Å².